The first-order chi connectivity index (χ1) is 7.85. The molecule has 3 nitrogen and oxygen atoms in total. The van der Waals surface area contributed by atoms with E-state index in [0.717, 1.165) is 35.9 Å². The molecule has 2 heterocycles. The number of alkyl halides is 1. The molecule has 1 saturated heterocycles. The van der Waals surface area contributed by atoms with Crippen LogP contribution in [0, 0.1) is 5.92 Å². The number of piperidine rings is 1. The zero-order valence-electron chi connectivity index (χ0n) is 9.53. The van der Waals surface area contributed by atoms with Gasteiger partial charge >= 0.3 is 0 Å². The van der Waals surface area contributed by atoms with Crippen molar-refractivity contribution in [1.82, 2.24) is 4.98 Å². The summed E-state index contributed by atoms with van der Waals surface area (Å²) in [5, 5.41) is 1.07. The van der Waals surface area contributed by atoms with E-state index in [9.17, 15) is 0 Å². The largest absolute Gasteiger partial charge is 0.493 e. The van der Waals surface area contributed by atoms with Crippen LogP contribution in [0.2, 0.25) is 0 Å². The average molecular weight is 285 g/mol. The van der Waals surface area contributed by atoms with Crippen LogP contribution in [0.1, 0.15) is 12.8 Å². The van der Waals surface area contributed by atoms with E-state index in [4.69, 9.17) is 4.74 Å². The Morgan fingerprint density at radius 2 is 2.50 bits per heavy atom. The van der Waals surface area contributed by atoms with Crippen LogP contribution in [-0.2, 0) is 0 Å². The summed E-state index contributed by atoms with van der Waals surface area (Å²) in [6, 6.07) is 3.88. The van der Waals surface area contributed by atoms with E-state index >= 15 is 0 Å². The molecule has 1 fully saturated rings. The number of ether oxygens (including phenoxy) is 1. The van der Waals surface area contributed by atoms with Gasteiger partial charge in [-0.05, 0) is 30.9 Å². The lowest BCUT2D eigenvalue weighted by molar-refractivity contribution is 0.403. The van der Waals surface area contributed by atoms with Crippen LogP contribution in [0.5, 0.6) is 5.75 Å². The van der Waals surface area contributed by atoms with Gasteiger partial charge in [-0.3, -0.25) is 0 Å². The second kappa shape index (κ2) is 5.53. The fraction of sp³-hybridized carbons (Fsp3) is 0.583. The van der Waals surface area contributed by atoms with Crippen molar-refractivity contribution in [2.45, 2.75) is 12.8 Å². The highest BCUT2D eigenvalue weighted by atomic mass is 79.9. The molecular weight excluding hydrogens is 268 g/mol. The molecule has 0 aliphatic carbocycles. The minimum Gasteiger partial charge on any atom is -0.493 e. The van der Waals surface area contributed by atoms with Gasteiger partial charge in [0.2, 0.25) is 0 Å². The van der Waals surface area contributed by atoms with Gasteiger partial charge in [0.25, 0.3) is 0 Å². The van der Waals surface area contributed by atoms with Crippen molar-refractivity contribution in [3.05, 3.63) is 18.3 Å². The summed E-state index contributed by atoms with van der Waals surface area (Å²) < 4.78 is 5.35. The van der Waals surface area contributed by atoms with E-state index in [2.05, 4.69) is 25.8 Å². The first-order valence-electron chi connectivity index (χ1n) is 5.65. The van der Waals surface area contributed by atoms with E-state index in [1.54, 1.807) is 7.11 Å². The van der Waals surface area contributed by atoms with Gasteiger partial charge in [0.05, 0.1) is 7.11 Å². The van der Waals surface area contributed by atoms with Gasteiger partial charge in [-0.15, -0.1) is 0 Å². The molecule has 88 valence electrons. The topological polar surface area (TPSA) is 25.4 Å². The number of anilines is 1. The first-order valence-corrected chi connectivity index (χ1v) is 6.77. The Bertz CT molecular complexity index is 346. The summed E-state index contributed by atoms with van der Waals surface area (Å²) in [5.41, 5.74) is 0. The third-order valence-electron chi connectivity index (χ3n) is 3.01. The van der Waals surface area contributed by atoms with Crippen LogP contribution in [-0.4, -0.2) is 30.5 Å². The molecule has 1 unspecified atom stereocenters. The second-order valence-electron chi connectivity index (χ2n) is 4.14. The van der Waals surface area contributed by atoms with Crippen LogP contribution in [0.15, 0.2) is 18.3 Å². The Kier molecular flexibility index (Phi) is 4.04. The van der Waals surface area contributed by atoms with Gasteiger partial charge in [-0.2, -0.15) is 0 Å². The smallest absolute Gasteiger partial charge is 0.171 e. The lowest BCUT2D eigenvalue weighted by atomic mass is 10.0. The van der Waals surface area contributed by atoms with Gasteiger partial charge in [0.15, 0.2) is 11.6 Å². The molecule has 4 heteroatoms. The maximum Gasteiger partial charge on any atom is 0.171 e. The monoisotopic (exact) mass is 284 g/mol. The molecule has 0 spiro atoms. The van der Waals surface area contributed by atoms with Gasteiger partial charge in [0.1, 0.15) is 0 Å². The molecular formula is C12H17BrN2O. The summed E-state index contributed by atoms with van der Waals surface area (Å²) in [7, 11) is 1.70. The number of aromatic nitrogens is 1. The van der Waals surface area contributed by atoms with Gasteiger partial charge < -0.3 is 9.64 Å². The normalized spacial score (nSPS) is 20.9. The van der Waals surface area contributed by atoms with E-state index in [1.165, 1.54) is 12.8 Å². The minimum absolute atomic E-state index is 0.723. The van der Waals surface area contributed by atoms with Crippen molar-refractivity contribution in [2.75, 3.05) is 30.4 Å². The van der Waals surface area contributed by atoms with Gasteiger partial charge in [0, 0.05) is 24.6 Å². The molecule has 1 aliphatic heterocycles. The number of methoxy groups -OCH3 is 1. The SMILES string of the molecule is COc1cccnc1N1CCCC(CBr)C1. The van der Waals surface area contributed by atoms with E-state index in [1.807, 2.05) is 18.3 Å². The summed E-state index contributed by atoms with van der Waals surface area (Å²) in [6.07, 6.45) is 4.36. The van der Waals surface area contributed by atoms with Crippen LogP contribution >= 0.6 is 15.9 Å². The van der Waals surface area contributed by atoms with Crippen molar-refractivity contribution in [2.24, 2.45) is 5.92 Å². The second-order valence-corrected chi connectivity index (χ2v) is 4.79. The van der Waals surface area contributed by atoms with Crippen molar-refractivity contribution < 1.29 is 4.74 Å². The molecule has 0 radical (unpaired) electrons. The van der Waals surface area contributed by atoms with Crippen LogP contribution in [0.3, 0.4) is 0 Å². The predicted octanol–water partition coefficient (Wildman–Crippen LogP) is 2.70. The fourth-order valence-electron chi connectivity index (χ4n) is 2.16. The number of rotatable bonds is 3. The summed E-state index contributed by atoms with van der Waals surface area (Å²) in [4.78, 5) is 6.76. The Balaban J connectivity index is 2.16. The molecule has 0 aromatic carbocycles. The van der Waals surface area contributed by atoms with Crippen molar-refractivity contribution in [3.63, 3.8) is 0 Å². The van der Waals surface area contributed by atoms with E-state index in [0.29, 0.717) is 0 Å². The molecule has 1 atom stereocenters. The fourth-order valence-corrected chi connectivity index (χ4v) is 2.69. The van der Waals surface area contributed by atoms with Gasteiger partial charge in [-0.1, -0.05) is 15.9 Å². The van der Waals surface area contributed by atoms with Crippen LogP contribution in [0.25, 0.3) is 0 Å². The van der Waals surface area contributed by atoms with Crippen molar-refractivity contribution in [3.8, 4) is 5.75 Å². The molecule has 0 saturated carbocycles. The molecule has 0 amide bonds. The van der Waals surface area contributed by atoms with Crippen molar-refractivity contribution >= 4 is 21.7 Å². The highest BCUT2D eigenvalue weighted by Gasteiger charge is 2.21. The number of hydrogen-bond acceptors (Lipinski definition) is 3. The minimum atomic E-state index is 0.723. The lowest BCUT2D eigenvalue weighted by Crippen LogP contribution is -2.36. The average Bonchev–Trinajstić information content (AvgIpc) is 2.38. The summed E-state index contributed by atoms with van der Waals surface area (Å²) in [5.74, 6) is 2.58. The third kappa shape index (κ3) is 2.48. The molecule has 0 N–H and O–H groups in total. The zero-order valence-corrected chi connectivity index (χ0v) is 11.1. The standard InChI is InChI=1S/C12H17BrN2O/c1-16-11-5-2-6-14-12(11)15-7-3-4-10(8-13)9-15/h2,5-6,10H,3-4,7-9H2,1H3. The third-order valence-corrected chi connectivity index (χ3v) is 3.92. The summed E-state index contributed by atoms with van der Waals surface area (Å²) >= 11 is 3.57. The van der Waals surface area contributed by atoms with Crippen LogP contribution in [0.4, 0.5) is 5.82 Å². The molecule has 1 aromatic heterocycles. The van der Waals surface area contributed by atoms with Crippen molar-refractivity contribution in [1.29, 1.82) is 0 Å². The first kappa shape index (κ1) is 11.7. The molecule has 2 rings (SSSR count). The van der Waals surface area contributed by atoms with E-state index < -0.39 is 0 Å². The van der Waals surface area contributed by atoms with Gasteiger partial charge in [-0.25, -0.2) is 4.98 Å². The highest BCUT2D eigenvalue weighted by molar-refractivity contribution is 9.09. The maximum absolute atomic E-state index is 5.35. The van der Waals surface area contributed by atoms with Crippen LogP contribution < -0.4 is 9.64 Å². The predicted molar refractivity (Wildman–Crippen MR) is 69.5 cm³/mol. The van der Waals surface area contributed by atoms with E-state index in [-0.39, 0.29) is 0 Å². The highest BCUT2D eigenvalue weighted by Crippen LogP contribution is 2.29. The number of nitrogens with zero attached hydrogens (tertiary/aromatic N) is 2. The molecule has 0 bridgehead atoms. The number of halogens is 1. The summed E-state index contributed by atoms with van der Waals surface area (Å²) in [6.45, 7) is 2.15. The zero-order chi connectivity index (χ0) is 11.4. The molecule has 1 aromatic rings. The Hall–Kier alpha value is -0.770. The molecule has 1 aliphatic rings. The Morgan fingerprint density at radius 3 is 3.25 bits per heavy atom. The quantitative estimate of drug-likeness (QED) is 0.798. The Labute approximate surface area is 105 Å². The molecule has 16 heavy (non-hydrogen) atoms. The number of hydrogen-bond donors (Lipinski definition) is 0. The lowest BCUT2D eigenvalue weighted by Gasteiger charge is -2.33. The Morgan fingerprint density at radius 1 is 1.62 bits per heavy atom. The number of pyridine rings is 1. The maximum atomic E-state index is 5.35.